The maximum absolute atomic E-state index is 13.1. The fourth-order valence-corrected chi connectivity index (χ4v) is 2.89. The second kappa shape index (κ2) is 6.49. The van der Waals surface area contributed by atoms with Crippen molar-refractivity contribution in [2.45, 2.75) is 38.8 Å². The molecule has 1 atom stereocenters. The summed E-state index contributed by atoms with van der Waals surface area (Å²) in [4.78, 5) is 4.84. The molecule has 0 amide bonds. The van der Waals surface area contributed by atoms with E-state index in [2.05, 4.69) is 23.9 Å². The molecule has 3 heteroatoms. The zero-order valence-electron chi connectivity index (χ0n) is 12.3. The third kappa shape index (κ3) is 4.02. The van der Waals surface area contributed by atoms with Crippen LogP contribution in [0.15, 0.2) is 18.2 Å². The molecule has 1 heterocycles. The predicted molar refractivity (Wildman–Crippen MR) is 77.7 cm³/mol. The Morgan fingerprint density at radius 1 is 1.26 bits per heavy atom. The molecule has 106 valence electrons. The van der Waals surface area contributed by atoms with E-state index in [-0.39, 0.29) is 5.82 Å². The van der Waals surface area contributed by atoms with E-state index < -0.39 is 0 Å². The number of hydrogen-bond acceptors (Lipinski definition) is 2. The third-order valence-corrected chi connectivity index (χ3v) is 4.22. The van der Waals surface area contributed by atoms with Crippen molar-refractivity contribution in [3.05, 3.63) is 35.1 Å². The van der Waals surface area contributed by atoms with E-state index in [0.717, 1.165) is 25.2 Å². The van der Waals surface area contributed by atoms with Gasteiger partial charge >= 0.3 is 0 Å². The van der Waals surface area contributed by atoms with Crippen LogP contribution in [0.1, 0.15) is 30.4 Å². The summed E-state index contributed by atoms with van der Waals surface area (Å²) in [5.74, 6) is -0.134. The van der Waals surface area contributed by atoms with Crippen molar-refractivity contribution in [2.24, 2.45) is 0 Å². The van der Waals surface area contributed by atoms with Crippen molar-refractivity contribution in [1.82, 2.24) is 9.80 Å². The van der Waals surface area contributed by atoms with Gasteiger partial charge in [-0.2, -0.15) is 0 Å². The molecular weight excluding hydrogens is 239 g/mol. The fraction of sp³-hybridized carbons (Fsp3) is 0.625. The zero-order chi connectivity index (χ0) is 13.8. The molecule has 1 aromatic carbocycles. The first kappa shape index (κ1) is 14.5. The Labute approximate surface area is 116 Å². The molecule has 1 aromatic rings. The molecule has 1 aliphatic rings. The van der Waals surface area contributed by atoms with Crippen LogP contribution in [0.4, 0.5) is 4.39 Å². The highest BCUT2D eigenvalue weighted by Crippen LogP contribution is 2.18. The van der Waals surface area contributed by atoms with Crippen LogP contribution >= 0.6 is 0 Å². The minimum Gasteiger partial charge on any atom is -0.306 e. The van der Waals surface area contributed by atoms with E-state index in [9.17, 15) is 4.39 Å². The van der Waals surface area contributed by atoms with Crippen LogP contribution in [0, 0.1) is 12.7 Å². The van der Waals surface area contributed by atoms with E-state index in [1.54, 1.807) is 12.1 Å². The molecule has 1 fully saturated rings. The summed E-state index contributed by atoms with van der Waals surface area (Å²) in [6.45, 7) is 5.24. The highest BCUT2D eigenvalue weighted by Gasteiger charge is 2.18. The number of halogens is 1. The van der Waals surface area contributed by atoms with Gasteiger partial charge in [-0.1, -0.05) is 6.07 Å². The molecular formula is C16H25FN2. The van der Waals surface area contributed by atoms with Crippen LogP contribution in [0.25, 0.3) is 0 Å². The van der Waals surface area contributed by atoms with E-state index in [1.165, 1.54) is 24.8 Å². The molecule has 1 aliphatic heterocycles. The average Bonchev–Trinajstić information content (AvgIpc) is 2.58. The summed E-state index contributed by atoms with van der Waals surface area (Å²) in [6.07, 6.45) is 3.77. The lowest BCUT2D eigenvalue weighted by Crippen LogP contribution is -2.30. The summed E-state index contributed by atoms with van der Waals surface area (Å²) in [7, 11) is 4.34. The van der Waals surface area contributed by atoms with Crippen molar-refractivity contribution in [3.8, 4) is 0 Å². The topological polar surface area (TPSA) is 6.48 Å². The lowest BCUT2D eigenvalue weighted by Gasteiger charge is -2.23. The van der Waals surface area contributed by atoms with Crippen molar-refractivity contribution < 1.29 is 4.39 Å². The van der Waals surface area contributed by atoms with Crippen LogP contribution in [-0.2, 0) is 6.54 Å². The second-order valence-electron chi connectivity index (χ2n) is 5.90. The normalized spacial score (nSPS) is 21.6. The van der Waals surface area contributed by atoms with Crippen LogP contribution < -0.4 is 0 Å². The smallest absolute Gasteiger partial charge is 0.123 e. The van der Waals surface area contributed by atoms with Gasteiger partial charge in [-0.05, 0) is 76.6 Å². The lowest BCUT2D eigenvalue weighted by atomic mass is 10.1. The molecule has 2 nitrogen and oxygen atoms in total. The molecule has 0 aliphatic carbocycles. The molecule has 0 aromatic heterocycles. The van der Waals surface area contributed by atoms with Gasteiger partial charge < -0.3 is 4.90 Å². The van der Waals surface area contributed by atoms with E-state index in [1.807, 2.05) is 13.0 Å². The number of likely N-dealkylation sites (tertiary alicyclic amines) is 1. The Morgan fingerprint density at radius 3 is 2.74 bits per heavy atom. The molecule has 19 heavy (non-hydrogen) atoms. The summed E-state index contributed by atoms with van der Waals surface area (Å²) in [6, 6.07) is 5.84. The Bertz CT molecular complexity index is 417. The Morgan fingerprint density at radius 2 is 2.05 bits per heavy atom. The second-order valence-corrected chi connectivity index (χ2v) is 5.90. The minimum absolute atomic E-state index is 0.134. The Balaban J connectivity index is 1.96. The number of aryl methyl sites for hydroxylation is 1. The summed E-state index contributed by atoms with van der Waals surface area (Å²) in [5, 5.41) is 0. The van der Waals surface area contributed by atoms with Crippen molar-refractivity contribution in [3.63, 3.8) is 0 Å². The zero-order valence-corrected chi connectivity index (χ0v) is 12.3. The molecule has 1 saturated heterocycles. The third-order valence-electron chi connectivity index (χ3n) is 4.22. The van der Waals surface area contributed by atoms with Gasteiger partial charge in [0.2, 0.25) is 0 Å². The monoisotopic (exact) mass is 264 g/mol. The van der Waals surface area contributed by atoms with Crippen molar-refractivity contribution >= 4 is 0 Å². The van der Waals surface area contributed by atoms with Crippen LogP contribution in [0.3, 0.4) is 0 Å². The highest BCUT2D eigenvalue weighted by molar-refractivity contribution is 5.26. The van der Waals surface area contributed by atoms with Crippen molar-refractivity contribution in [2.75, 3.05) is 27.2 Å². The first-order valence-corrected chi connectivity index (χ1v) is 7.20. The maximum Gasteiger partial charge on any atom is 0.123 e. The first-order valence-electron chi connectivity index (χ1n) is 7.20. The Kier molecular flexibility index (Phi) is 4.94. The quantitative estimate of drug-likeness (QED) is 0.828. The predicted octanol–water partition coefficient (Wildman–Crippen LogP) is 3.05. The molecule has 0 spiro atoms. The molecule has 0 radical (unpaired) electrons. The molecule has 0 unspecified atom stereocenters. The summed E-state index contributed by atoms with van der Waals surface area (Å²) >= 11 is 0. The molecule has 0 N–H and O–H groups in total. The van der Waals surface area contributed by atoms with Gasteiger partial charge in [0.15, 0.2) is 0 Å². The number of benzene rings is 1. The maximum atomic E-state index is 13.1. The lowest BCUT2D eigenvalue weighted by molar-refractivity contribution is 0.245. The number of hydrogen-bond donors (Lipinski definition) is 0. The number of rotatable bonds is 3. The SMILES string of the molecule is Cc1cc(F)ccc1CN1CCC[C@H](N(C)C)CC1. The van der Waals surface area contributed by atoms with E-state index in [0.29, 0.717) is 6.04 Å². The van der Waals surface area contributed by atoms with E-state index in [4.69, 9.17) is 0 Å². The molecule has 0 bridgehead atoms. The summed E-state index contributed by atoms with van der Waals surface area (Å²) < 4.78 is 13.1. The first-order chi connectivity index (χ1) is 9.06. The van der Waals surface area contributed by atoms with Gasteiger partial charge in [0.05, 0.1) is 0 Å². The van der Waals surface area contributed by atoms with Crippen LogP contribution in [0.2, 0.25) is 0 Å². The standard InChI is InChI=1S/C16H25FN2/c1-13-11-15(17)7-6-14(13)12-19-9-4-5-16(8-10-19)18(2)3/h6-7,11,16H,4-5,8-10,12H2,1-3H3/t16-/m0/s1. The van der Waals surface area contributed by atoms with Gasteiger partial charge in [0.1, 0.15) is 5.82 Å². The highest BCUT2D eigenvalue weighted by atomic mass is 19.1. The number of nitrogens with zero attached hydrogens (tertiary/aromatic N) is 2. The Hall–Kier alpha value is -0.930. The average molecular weight is 264 g/mol. The van der Waals surface area contributed by atoms with Crippen molar-refractivity contribution in [1.29, 1.82) is 0 Å². The molecule has 2 rings (SSSR count). The summed E-state index contributed by atoms with van der Waals surface area (Å²) in [5.41, 5.74) is 2.32. The van der Waals surface area contributed by atoms with Gasteiger partial charge in [-0.3, -0.25) is 4.90 Å². The van der Waals surface area contributed by atoms with E-state index >= 15 is 0 Å². The largest absolute Gasteiger partial charge is 0.306 e. The van der Waals surface area contributed by atoms with Gasteiger partial charge in [-0.15, -0.1) is 0 Å². The van der Waals surface area contributed by atoms with Crippen LogP contribution in [0.5, 0.6) is 0 Å². The van der Waals surface area contributed by atoms with Gasteiger partial charge in [0, 0.05) is 12.6 Å². The van der Waals surface area contributed by atoms with Crippen LogP contribution in [-0.4, -0.2) is 43.0 Å². The van der Waals surface area contributed by atoms with Gasteiger partial charge in [-0.25, -0.2) is 4.39 Å². The fourth-order valence-electron chi connectivity index (χ4n) is 2.89. The van der Waals surface area contributed by atoms with Gasteiger partial charge in [0.25, 0.3) is 0 Å². The minimum atomic E-state index is -0.134. The molecule has 0 saturated carbocycles.